The number of likely N-dealkylation sites (tertiary alicyclic amines) is 1. The number of hydrogen-bond donors (Lipinski definition) is 1. The van der Waals surface area contributed by atoms with E-state index in [-0.39, 0.29) is 43.3 Å². The summed E-state index contributed by atoms with van der Waals surface area (Å²) in [4.78, 5) is 14.3. The number of ether oxygens (including phenoxy) is 1. The van der Waals surface area contributed by atoms with Crippen molar-refractivity contribution in [3.8, 4) is 0 Å². The number of hydrogen-bond acceptors (Lipinski definition) is 3. The van der Waals surface area contributed by atoms with Crippen molar-refractivity contribution in [2.75, 3.05) is 20.2 Å². The van der Waals surface area contributed by atoms with Gasteiger partial charge in [-0.25, -0.2) is 0 Å². The van der Waals surface area contributed by atoms with E-state index in [0.717, 1.165) is 0 Å². The Bertz CT molecular complexity index is 395. The number of methoxy groups -OCH3 is 1. The van der Waals surface area contributed by atoms with Crippen molar-refractivity contribution >= 4 is 18.3 Å². The van der Waals surface area contributed by atoms with Crippen LogP contribution in [0.1, 0.15) is 38.5 Å². The van der Waals surface area contributed by atoms with Gasteiger partial charge < -0.3 is 15.4 Å². The monoisotopic (exact) mass is 358 g/mol. The predicted octanol–water partition coefficient (Wildman–Crippen LogP) is 2.74. The molecule has 1 aliphatic carbocycles. The summed E-state index contributed by atoms with van der Waals surface area (Å²) in [7, 11) is 1.63. The minimum atomic E-state index is -4.20. The number of piperidine rings is 1. The van der Waals surface area contributed by atoms with E-state index in [4.69, 9.17) is 10.5 Å². The summed E-state index contributed by atoms with van der Waals surface area (Å²) in [5.41, 5.74) is 5.75. The van der Waals surface area contributed by atoms with Crippen LogP contribution < -0.4 is 5.73 Å². The van der Waals surface area contributed by atoms with Crippen molar-refractivity contribution in [1.29, 1.82) is 0 Å². The standard InChI is InChI=1S/C15H25F3N2O2.ClH/c1-22-13-5-6-20(12(8-13)9-19)14(21)10-3-2-4-11(7-10)15(16,17)18;/h10-13H,2-9,19H2,1H3;1H. The van der Waals surface area contributed by atoms with Crippen LogP contribution in [0, 0.1) is 11.8 Å². The second-order valence-electron chi connectivity index (χ2n) is 6.41. The lowest BCUT2D eigenvalue weighted by Gasteiger charge is -2.41. The predicted molar refractivity (Wildman–Crippen MR) is 83.3 cm³/mol. The van der Waals surface area contributed by atoms with Crippen LogP contribution in [-0.2, 0) is 9.53 Å². The van der Waals surface area contributed by atoms with Crippen LogP contribution in [0.25, 0.3) is 0 Å². The van der Waals surface area contributed by atoms with Crippen molar-refractivity contribution in [3.63, 3.8) is 0 Å². The highest BCUT2D eigenvalue weighted by molar-refractivity contribution is 5.85. The van der Waals surface area contributed by atoms with Gasteiger partial charge in [-0.15, -0.1) is 12.4 Å². The van der Waals surface area contributed by atoms with Gasteiger partial charge in [0.05, 0.1) is 12.0 Å². The summed E-state index contributed by atoms with van der Waals surface area (Å²) < 4.78 is 44.0. The maximum Gasteiger partial charge on any atom is 0.391 e. The fourth-order valence-electron chi connectivity index (χ4n) is 3.69. The minimum Gasteiger partial charge on any atom is -0.381 e. The minimum absolute atomic E-state index is 0. The number of nitrogens with zero attached hydrogens (tertiary/aromatic N) is 1. The molecule has 0 aromatic heterocycles. The number of rotatable bonds is 3. The smallest absolute Gasteiger partial charge is 0.381 e. The SMILES string of the molecule is COC1CCN(C(=O)C2CCCC(C(F)(F)F)C2)C(CN)C1.Cl. The summed E-state index contributed by atoms with van der Waals surface area (Å²) in [6.45, 7) is 0.841. The summed E-state index contributed by atoms with van der Waals surface area (Å²) in [6.07, 6.45) is -1.68. The fourth-order valence-corrected chi connectivity index (χ4v) is 3.69. The van der Waals surface area contributed by atoms with E-state index in [2.05, 4.69) is 0 Å². The summed E-state index contributed by atoms with van der Waals surface area (Å²) in [5.74, 6) is -2.02. The summed E-state index contributed by atoms with van der Waals surface area (Å²) in [6, 6.07) is -0.127. The average molecular weight is 359 g/mol. The Morgan fingerprint density at radius 2 is 1.96 bits per heavy atom. The van der Waals surface area contributed by atoms with E-state index >= 15 is 0 Å². The van der Waals surface area contributed by atoms with Crippen LogP contribution in [-0.4, -0.2) is 49.3 Å². The highest BCUT2D eigenvalue weighted by atomic mass is 35.5. The van der Waals surface area contributed by atoms with Gasteiger partial charge in [0.2, 0.25) is 5.91 Å². The molecule has 4 unspecified atom stereocenters. The molecule has 0 aromatic rings. The van der Waals surface area contributed by atoms with Crippen LogP contribution in [0.3, 0.4) is 0 Å². The Hall–Kier alpha value is -0.530. The van der Waals surface area contributed by atoms with E-state index < -0.39 is 18.0 Å². The molecule has 0 aromatic carbocycles. The molecule has 1 saturated carbocycles. The molecule has 136 valence electrons. The zero-order valence-electron chi connectivity index (χ0n) is 13.3. The molecule has 8 heteroatoms. The second kappa shape index (κ2) is 8.53. The third-order valence-electron chi connectivity index (χ3n) is 5.04. The van der Waals surface area contributed by atoms with Gasteiger partial charge in [-0.1, -0.05) is 6.42 Å². The lowest BCUT2D eigenvalue weighted by molar-refractivity contribution is -0.187. The van der Waals surface area contributed by atoms with Crippen molar-refractivity contribution < 1.29 is 22.7 Å². The zero-order chi connectivity index (χ0) is 16.3. The van der Waals surface area contributed by atoms with Crippen LogP contribution in [0.4, 0.5) is 13.2 Å². The molecule has 23 heavy (non-hydrogen) atoms. The maximum absolute atomic E-state index is 12.9. The maximum atomic E-state index is 12.9. The van der Waals surface area contributed by atoms with E-state index in [0.29, 0.717) is 38.8 Å². The molecule has 1 heterocycles. The topological polar surface area (TPSA) is 55.6 Å². The fraction of sp³-hybridized carbons (Fsp3) is 0.933. The Morgan fingerprint density at radius 1 is 1.26 bits per heavy atom. The Labute approximate surface area is 141 Å². The van der Waals surface area contributed by atoms with Gasteiger partial charge in [0.25, 0.3) is 0 Å². The molecule has 2 rings (SSSR count). The van der Waals surface area contributed by atoms with E-state index in [1.165, 1.54) is 0 Å². The molecule has 1 amide bonds. The van der Waals surface area contributed by atoms with Crippen molar-refractivity contribution in [1.82, 2.24) is 4.90 Å². The molecule has 4 atom stereocenters. The first-order chi connectivity index (χ1) is 10.4. The van der Waals surface area contributed by atoms with E-state index in [1.807, 2.05) is 0 Å². The summed E-state index contributed by atoms with van der Waals surface area (Å²) in [5, 5.41) is 0. The molecular weight excluding hydrogens is 333 g/mol. The summed E-state index contributed by atoms with van der Waals surface area (Å²) >= 11 is 0. The number of carbonyl (C=O) groups is 1. The molecule has 2 fully saturated rings. The first-order valence-electron chi connectivity index (χ1n) is 7.96. The van der Waals surface area contributed by atoms with Crippen LogP contribution in [0.15, 0.2) is 0 Å². The van der Waals surface area contributed by atoms with E-state index in [9.17, 15) is 18.0 Å². The van der Waals surface area contributed by atoms with Crippen LogP contribution in [0.5, 0.6) is 0 Å². The van der Waals surface area contributed by atoms with Gasteiger partial charge in [0, 0.05) is 32.2 Å². The third kappa shape index (κ3) is 4.97. The molecular formula is C15H26ClF3N2O2. The normalized spacial score (nSPS) is 32.3. The number of nitrogens with two attached hydrogens (primary N) is 1. The third-order valence-corrected chi connectivity index (χ3v) is 5.04. The van der Waals surface area contributed by atoms with Gasteiger partial charge in [0.15, 0.2) is 0 Å². The average Bonchev–Trinajstić information content (AvgIpc) is 2.52. The zero-order valence-corrected chi connectivity index (χ0v) is 14.2. The van der Waals surface area contributed by atoms with Crippen LogP contribution in [0.2, 0.25) is 0 Å². The van der Waals surface area contributed by atoms with E-state index in [1.54, 1.807) is 12.0 Å². The first kappa shape index (κ1) is 20.5. The van der Waals surface area contributed by atoms with Crippen molar-refractivity contribution in [2.24, 2.45) is 17.6 Å². The van der Waals surface area contributed by atoms with Gasteiger partial charge in [0.1, 0.15) is 0 Å². The number of alkyl halides is 3. The largest absolute Gasteiger partial charge is 0.391 e. The second-order valence-corrected chi connectivity index (χ2v) is 6.41. The lowest BCUT2D eigenvalue weighted by atomic mass is 9.80. The van der Waals surface area contributed by atoms with Gasteiger partial charge in [-0.3, -0.25) is 4.79 Å². The molecule has 0 bridgehead atoms. The Kier molecular flexibility index (Phi) is 7.61. The molecule has 0 radical (unpaired) electrons. The van der Waals surface area contributed by atoms with Crippen LogP contribution >= 0.6 is 12.4 Å². The molecule has 4 nitrogen and oxygen atoms in total. The Morgan fingerprint density at radius 3 is 2.52 bits per heavy atom. The molecule has 1 saturated heterocycles. The number of carbonyl (C=O) groups excluding carboxylic acids is 1. The molecule has 1 aliphatic heterocycles. The van der Waals surface area contributed by atoms with Gasteiger partial charge >= 0.3 is 6.18 Å². The molecule has 0 spiro atoms. The quantitative estimate of drug-likeness (QED) is 0.844. The first-order valence-corrected chi connectivity index (χ1v) is 7.96. The van der Waals surface area contributed by atoms with Gasteiger partial charge in [-0.2, -0.15) is 13.2 Å². The molecule has 2 N–H and O–H groups in total. The Balaban J connectivity index is 0.00000264. The number of amides is 1. The van der Waals surface area contributed by atoms with Gasteiger partial charge in [-0.05, 0) is 32.1 Å². The van der Waals surface area contributed by atoms with Crippen molar-refractivity contribution in [2.45, 2.75) is 56.8 Å². The highest BCUT2D eigenvalue weighted by Crippen LogP contribution is 2.40. The number of halogens is 4. The van der Waals surface area contributed by atoms with Crippen molar-refractivity contribution in [3.05, 3.63) is 0 Å². The molecule has 2 aliphatic rings. The lowest BCUT2D eigenvalue weighted by Crippen LogP contribution is -2.53. The highest BCUT2D eigenvalue weighted by Gasteiger charge is 2.45.